The minimum Gasteiger partial charge on any atom is -0.497 e. The van der Waals surface area contributed by atoms with Gasteiger partial charge in [-0.1, -0.05) is 0 Å². The smallest absolute Gasteiger partial charge is 0.303 e. The number of likely N-dealkylation sites (tertiary alicyclic amines) is 1. The summed E-state index contributed by atoms with van der Waals surface area (Å²) >= 11 is 0. The van der Waals surface area contributed by atoms with Crippen molar-refractivity contribution in [2.24, 2.45) is 11.8 Å². The molecule has 0 aliphatic carbocycles. The first-order valence-electron chi connectivity index (χ1n) is 13.1. The molecule has 36 heavy (non-hydrogen) atoms. The number of alkyl halides is 1. The highest BCUT2D eigenvalue weighted by Crippen LogP contribution is 2.36. The summed E-state index contributed by atoms with van der Waals surface area (Å²) in [6, 6.07) is 9.32. The van der Waals surface area contributed by atoms with Gasteiger partial charge in [0.05, 0.1) is 25.2 Å². The number of carboxylic acids is 1. The standard InChI is InChI=1S/C29H37FN2O4/c1-35-24-7-9-28-26(18-24)25(11-14-31-28)27(30)8-5-22-12-16-32(19-23(22)6-10-29(33)34)15-3-2-4-21-13-17-36-20-21/h7,9,11,13-14,17-18,20,22-23,27H,2-6,8,10,12,15-16,19H2,1H3,(H,33,34)/t22-,23+,27?/m1/s1. The number of halogens is 1. The molecule has 3 aromatic rings. The Morgan fingerprint density at radius 2 is 2.14 bits per heavy atom. The van der Waals surface area contributed by atoms with Gasteiger partial charge in [-0.25, -0.2) is 4.39 Å². The molecule has 194 valence electrons. The number of pyridine rings is 1. The van der Waals surface area contributed by atoms with Gasteiger partial charge >= 0.3 is 5.97 Å². The molecule has 1 aliphatic heterocycles. The lowest BCUT2D eigenvalue weighted by molar-refractivity contribution is -0.137. The van der Waals surface area contributed by atoms with Crippen molar-refractivity contribution in [3.8, 4) is 5.75 Å². The van der Waals surface area contributed by atoms with E-state index in [0.717, 1.165) is 62.6 Å². The van der Waals surface area contributed by atoms with Gasteiger partial charge in [0.2, 0.25) is 0 Å². The molecular formula is C29H37FN2O4. The Labute approximate surface area is 212 Å². The number of nitrogens with zero attached hydrogens (tertiary/aromatic N) is 2. The highest BCUT2D eigenvalue weighted by atomic mass is 19.1. The van der Waals surface area contributed by atoms with Gasteiger partial charge in [0.15, 0.2) is 0 Å². The molecular weight excluding hydrogens is 459 g/mol. The number of aliphatic carboxylic acids is 1. The summed E-state index contributed by atoms with van der Waals surface area (Å²) in [5.41, 5.74) is 2.64. The molecule has 2 aromatic heterocycles. The van der Waals surface area contributed by atoms with Crippen LogP contribution in [-0.2, 0) is 11.2 Å². The first-order valence-corrected chi connectivity index (χ1v) is 13.1. The predicted molar refractivity (Wildman–Crippen MR) is 138 cm³/mol. The van der Waals surface area contributed by atoms with Crippen molar-refractivity contribution < 1.29 is 23.4 Å². The van der Waals surface area contributed by atoms with Crippen LogP contribution in [0.25, 0.3) is 10.9 Å². The van der Waals surface area contributed by atoms with E-state index in [4.69, 9.17) is 9.15 Å². The van der Waals surface area contributed by atoms with Crippen molar-refractivity contribution >= 4 is 16.9 Å². The average Bonchev–Trinajstić information content (AvgIpc) is 3.42. The number of piperidine rings is 1. The zero-order chi connectivity index (χ0) is 25.3. The zero-order valence-corrected chi connectivity index (χ0v) is 21.1. The molecule has 1 unspecified atom stereocenters. The van der Waals surface area contributed by atoms with Crippen molar-refractivity contribution in [2.75, 3.05) is 26.7 Å². The van der Waals surface area contributed by atoms with E-state index in [1.807, 2.05) is 24.3 Å². The Hall–Kier alpha value is -2.93. The van der Waals surface area contributed by atoms with Crippen LogP contribution >= 0.6 is 0 Å². The van der Waals surface area contributed by atoms with Crippen LogP contribution in [0, 0.1) is 11.8 Å². The van der Waals surface area contributed by atoms with Crippen LogP contribution in [0.4, 0.5) is 4.39 Å². The Morgan fingerprint density at radius 3 is 2.92 bits per heavy atom. The van der Waals surface area contributed by atoms with Gasteiger partial charge < -0.3 is 19.2 Å². The van der Waals surface area contributed by atoms with E-state index in [1.165, 1.54) is 5.56 Å². The molecule has 7 heteroatoms. The number of carboxylic acid groups (broad SMARTS) is 1. The summed E-state index contributed by atoms with van der Waals surface area (Å²) in [7, 11) is 1.60. The van der Waals surface area contributed by atoms with Crippen molar-refractivity contribution in [3.05, 3.63) is 60.2 Å². The number of hydrogen-bond donors (Lipinski definition) is 1. The Balaban J connectivity index is 1.33. The second-order valence-electron chi connectivity index (χ2n) is 9.96. The summed E-state index contributed by atoms with van der Waals surface area (Å²) in [5, 5.41) is 10.1. The quantitative estimate of drug-likeness (QED) is 0.274. The van der Waals surface area contributed by atoms with Crippen LogP contribution in [0.5, 0.6) is 5.75 Å². The van der Waals surface area contributed by atoms with Crippen LogP contribution in [0.15, 0.2) is 53.5 Å². The Morgan fingerprint density at radius 1 is 1.25 bits per heavy atom. The molecule has 1 aromatic carbocycles. The lowest BCUT2D eigenvalue weighted by Gasteiger charge is -2.39. The maximum absolute atomic E-state index is 15.5. The Kier molecular flexibility index (Phi) is 9.34. The molecule has 3 heterocycles. The third-order valence-electron chi connectivity index (χ3n) is 7.59. The highest BCUT2D eigenvalue weighted by Gasteiger charge is 2.30. The molecule has 1 N–H and O–H groups in total. The summed E-state index contributed by atoms with van der Waals surface area (Å²) in [4.78, 5) is 18.1. The fraction of sp³-hybridized carbons (Fsp3) is 0.517. The number of fused-ring (bicyclic) bond motifs is 1. The van der Waals surface area contributed by atoms with Gasteiger partial charge in [-0.2, -0.15) is 0 Å². The van der Waals surface area contributed by atoms with Crippen LogP contribution in [0.3, 0.4) is 0 Å². The second-order valence-corrected chi connectivity index (χ2v) is 9.96. The van der Waals surface area contributed by atoms with Crippen LogP contribution in [0.2, 0.25) is 0 Å². The van der Waals surface area contributed by atoms with E-state index in [1.54, 1.807) is 31.9 Å². The van der Waals surface area contributed by atoms with E-state index in [0.29, 0.717) is 30.1 Å². The number of aromatic nitrogens is 1. The minimum atomic E-state index is -1.09. The molecule has 0 radical (unpaired) electrons. The third-order valence-corrected chi connectivity index (χ3v) is 7.59. The Bertz CT molecular complexity index is 1100. The summed E-state index contributed by atoms with van der Waals surface area (Å²) in [6.07, 6.45) is 10.3. The van der Waals surface area contributed by atoms with Gasteiger partial charge in [-0.05, 0) is 111 Å². The summed E-state index contributed by atoms with van der Waals surface area (Å²) in [6.45, 7) is 2.91. The number of rotatable bonds is 13. The van der Waals surface area contributed by atoms with Gasteiger partial charge in [-0.15, -0.1) is 0 Å². The van der Waals surface area contributed by atoms with E-state index < -0.39 is 12.1 Å². The van der Waals surface area contributed by atoms with E-state index in [2.05, 4.69) is 9.88 Å². The van der Waals surface area contributed by atoms with Crippen LogP contribution in [-0.4, -0.2) is 47.7 Å². The number of benzene rings is 1. The number of furan rings is 1. The lowest BCUT2D eigenvalue weighted by atomic mass is 9.79. The molecule has 1 saturated heterocycles. The zero-order valence-electron chi connectivity index (χ0n) is 21.1. The monoisotopic (exact) mass is 496 g/mol. The van der Waals surface area contributed by atoms with E-state index in [-0.39, 0.29) is 12.3 Å². The van der Waals surface area contributed by atoms with Gasteiger partial charge in [0.25, 0.3) is 0 Å². The number of aryl methyl sites for hydroxylation is 1. The SMILES string of the molecule is COc1ccc2nccc(C(F)CC[C@@H]3CCN(CCCCc4ccoc4)C[C@@H]3CCC(=O)O)c2c1. The van der Waals surface area contributed by atoms with Gasteiger partial charge in [0.1, 0.15) is 11.9 Å². The van der Waals surface area contributed by atoms with Crippen LogP contribution < -0.4 is 4.74 Å². The van der Waals surface area contributed by atoms with Crippen molar-refractivity contribution in [2.45, 2.75) is 57.5 Å². The molecule has 0 spiro atoms. The molecule has 3 atom stereocenters. The van der Waals surface area contributed by atoms with E-state index >= 15 is 4.39 Å². The molecule has 0 saturated carbocycles. The number of carbonyl (C=O) groups is 1. The molecule has 1 fully saturated rings. The maximum atomic E-state index is 15.5. The first kappa shape index (κ1) is 26.1. The molecule has 4 rings (SSSR count). The summed E-state index contributed by atoms with van der Waals surface area (Å²) in [5.74, 6) is 0.555. The molecule has 6 nitrogen and oxygen atoms in total. The highest BCUT2D eigenvalue weighted by molar-refractivity contribution is 5.83. The fourth-order valence-electron chi connectivity index (χ4n) is 5.54. The minimum absolute atomic E-state index is 0.170. The van der Waals surface area contributed by atoms with Gasteiger partial charge in [-0.3, -0.25) is 9.78 Å². The largest absolute Gasteiger partial charge is 0.497 e. The second kappa shape index (κ2) is 12.9. The third kappa shape index (κ3) is 7.06. The number of ether oxygens (including phenoxy) is 1. The first-order chi connectivity index (χ1) is 17.5. The molecule has 0 amide bonds. The topological polar surface area (TPSA) is 75.8 Å². The number of methoxy groups -OCH3 is 1. The van der Waals surface area contributed by atoms with Crippen molar-refractivity contribution in [1.29, 1.82) is 0 Å². The average molecular weight is 497 g/mol. The van der Waals surface area contributed by atoms with Crippen molar-refractivity contribution in [1.82, 2.24) is 9.88 Å². The predicted octanol–water partition coefficient (Wildman–Crippen LogP) is 6.45. The van der Waals surface area contributed by atoms with E-state index in [9.17, 15) is 9.90 Å². The fourth-order valence-corrected chi connectivity index (χ4v) is 5.54. The van der Waals surface area contributed by atoms with Gasteiger partial charge in [0, 0.05) is 24.5 Å². The van der Waals surface area contributed by atoms with Crippen LogP contribution in [0.1, 0.15) is 62.2 Å². The normalized spacial score (nSPS) is 19.4. The number of hydrogen-bond acceptors (Lipinski definition) is 5. The molecule has 1 aliphatic rings. The maximum Gasteiger partial charge on any atom is 0.303 e. The summed E-state index contributed by atoms with van der Waals surface area (Å²) < 4.78 is 26.0. The number of unbranched alkanes of at least 4 members (excludes halogenated alkanes) is 1. The lowest BCUT2D eigenvalue weighted by Crippen LogP contribution is -2.41. The van der Waals surface area contributed by atoms with Crippen molar-refractivity contribution in [3.63, 3.8) is 0 Å². The molecule has 0 bridgehead atoms.